The molecule has 0 saturated carbocycles. The van der Waals surface area contributed by atoms with Gasteiger partial charge in [-0.2, -0.15) is 0 Å². The van der Waals surface area contributed by atoms with Gasteiger partial charge in [-0.1, -0.05) is 132 Å². The molecule has 0 unspecified atom stereocenters. The van der Waals surface area contributed by atoms with Gasteiger partial charge in [0.05, 0.1) is 11.3 Å². The maximum Gasteiger partial charge on any atom is 0.249 e. The Morgan fingerprint density at radius 1 is 0.420 bits per heavy atom. The van der Waals surface area contributed by atoms with Gasteiger partial charge in [-0.25, -0.2) is 0 Å². The normalized spacial score (nSPS) is 11.8. The van der Waals surface area contributed by atoms with Crippen LogP contribution in [0.15, 0.2) is 156 Å². The van der Waals surface area contributed by atoms with E-state index in [4.69, 9.17) is 14.6 Å². The summed E-state index contributed by atoms with van der Waals surface area (Å²) in [6.45, 7) is 4.25. The Hall–Kier alpha value is -6.52. The minimum absolute atomic E-state index is 0.502. The number of hydrogen-bond donors (Lipinski definition) is 0. The van der Waals surface area contributed by atoms with Crippen molar-refractivity contribution in [2.75, 3.05) is 4.90 Å². The molecule has 4 nitrogen and oxygen atoms in total. The number of nitrogens with zero attached hydrogens (tertiary/aromatic N) is 3. The van der Waals surface area contributed by atoms with Gasteiger partial charge in [0, 0.05) is 27.7 Å². The average Bonchev–Trinajstić information content (AvgIpc) is 3.64. The first-order chi connectivity index (χ1) is 24.6. The molecule has 10 aromatic rings. The Morgan fingerprint density at radius 3 is 1.52 bits per heavy atom. The second-order valence-corrected chi connectivity index (χ2v) is 13.2. The van der Waals surface area contributed by atoms with E-state index in [1.165, 1.54) is 38.1 Å². The predicted molar refractivity (Wildman–Crippen MR) is 208 cm³/mol. The van der Waals surface area contributed by atoms with Crippen LogP contribution < -0.4 is 4.90 Å². The van der Waals surface area contributed by atoms with E-state index in [0.717, 1.165) is 55.1 Å². The van der Waals surface area contributed by atoms with Crippen molar-refractivity contribution in [1.82, 2.24) is 10.2 Å². The quantitative estimate of drug-likeness (QED) is 0.139. The third-order valence-electron chi connectivity index (χ3n) is 10.1. The van der Waals surface area contributed by atoms with E-state index in [1.54, 1.807) is 0 Å². The van der Waals surface area contributed by atoms with Crippen molar-refractivity contribution >= 4 is 70.9 Å². The molecule has 0 bridgehead atoms. The van der Waals surface area contributed by atoms with Crippen LogP contribution in [0.25, 0.3) is 76.8 Å². The number of aromatic nitrogens is 2. The zero-order valence-electron chi connectivity index (χ0n) is 27.7. The van der Waals surface area contributed by atoms with E-state index in [0.29, 0.717) is 11.8 Å². The van der Waals surface area contributed by atoms with E-state index in [1.807, 2.05) is 0 Å². The van der Waals surface area contributed by atoms with Crippen LogP contribution in [0, 0.1) is 13.8 Å². The standard InChI is InChI=1S/C46H31N3O/c1-28-14-22-33(23-15-28)49(34-24-16-29(2)17-25-34)44-38-12-5-3-10-35(38)43(36-11-4-6-13-39(36)44)46-48-47-45(50-46)40-27-21-32-19-18-30-8-7-9-31-20-26-37(40)42(32)41(30)31/h3-27H,1-2H3. The van der Waals surface area contributed by atoms with E-state index in [2.05, 4.69) is 170 Å². The van der Waals surface area contributed by atoms with Crippen LogP contribution in [0.2, 0.25) is 0 Å². The van der Waals surface area contributed by atoms with E-state index in [-0.39, 0.29) is 0 Å². The number of fused-ring (bicyclic) bond motifs is 2. The van der Waals surface area contributed by atoms with Gasteiger partial charge in [0.1, 0.15) is 0 Å². The summed E-state index contributed by atoms with van der Waals surface area (Å²) >= 11 is 0. The summed E-state index contributed by atoms with van der Waals surface area (Å²) in [7, 11) is 0. The predicted octanol–water partition coefficient (Wildman–Crippen LogP) is 12.7. The minimum atomic E-state index is 0.502. The third kappa shape index (κ3) is 4.32. The first-order valence-electron chi connectivity index (χ1n) is 17.0. The molecule has 0 atom stereocenters. The molecule has 0 aliphatic heterocycles. The lowest BCUT2D eigenvalue weighted by Crippen LogP contribution is -2.11. The number of aryl methyl sites for hydroxylation is 2. The Bertz CT molecular complexity index is 2770. The van der Waals surface area contributed by atoms with Gasteiger partial charge < -0.3 is 9.32 Å². The van der Waals surface area contributed by atoms with Gasteiger partial charge >= 0.3 is 0 Å². The highest BCUT2D eigenvalue weighted by atomic mass is 16.4. The molecule has 0 aliphatic carbocycles. The molecule has 0 saturated heterocycles. The van der Waals surface area contributed by atoms with E-state index in [9.17, 15) is 0 Å². The van der Waals surface area contributed by atoms with Crippen LogP contribution in [0.4, 0.5) is 17.1 Å². The molecule has 4 heteroatoms. The molecule has 0 amide bonds. The Morgan fingerprint density at radius 2 is 0.920 bits per heavy atom. The van der Waals surface area contributed by atoms with Crippen molar-refractivity contribution in [3.8, 4) is 22.9 Å². The van der Waals surface area contributed by atoms with Crippen LogP contribution in [-0.4, -0.2) is 10.2 Å². The van der Waals surface area contributed by atoms with Gasteiger partial charge in [-0.05, 0) is 87.3 Å². The van der Waals surface area contributed by atoms with E-state index >= 15 is 0 Å². The lowest BCUT2D eigenvalue weighted by molar-refractivity contribution is 0.586. The molecule has 236 valence electrons. The maximum atomic E-state index is 6.72. The van der Waals surface area contributed by atoms with Crippen molar-refractivity contribution in [2.24, 2.45) is 0 Å². The lowest BCUT2D eigenvalue weighted by Gasteiger charge is -2.29. The SMILES string of the molecule is Cc1ccc(N(c2ccc(C)cc2)c2c3ccccc3c(-c3nnc(-c4ccc5ccc6cccc7ccc4c5c67)o3)c3ccccc23)cc1. The maximum absolute atomic E-state index is 6.72. The summed E-state index contributed by atoms with van der Waals surface area (Å²) in [5.41, 5.74) is 7.61. The first kappa shape index (κ1) is 28.5. The molecule has 9 aromatic carbocycles. The molecular formula is C46H31N3O. The Balaban J connectivity index is 1.21. The molecule has 50 heavy (non-hydrogen) atoms. The molecule has 0 N–H and O–H groups in total. The molecule has 0 spiro atoms. The second kappa shape index (κ2) is 11.0. The highest BCUT2D eigenvalue weighted by Crippen LogP contribution is 2.48. The highest BCUT2D eigenvalue weighted by Gasteiger charge is 2.25. The van der Waals surface area contributed by atoms with E-state index < -0.39 is 0 Å². The molecular weight excluding hydrogens is 611 g/mol. The Kier molecular flexibility index (Phi) is 6.27. The molecule has 0 radical (unpaired) electrons. The second-order valence-electron chi connectivity index (χ2n) is 13.2. The molecule has 0 fully saturated rings. The fourth-order valence-corrected chi connectivity index (χ4v) is 7.73. The largest absolute Gasteiger partial charge is 0.416 e. The summed E-state index contributed by atoms with van der Waals surface area (Å²) in [6, 6.07) is 54.2. The van der Waals surface area contributed by atoms with Crippen molar-refractivity contribution in [3.05, 3.63) is 163 Å². The van der Waals surface area contributed by atoms with Crippen LogP contribution in [-0.2, 0) is 0 Å². The third-order valence-corrected chi connectivity index (χ3v) is 10.1. The summed E-state index contributed by atoms with van der Waals surface area (Å²) in [5.74, 6) is 1.01. The smallest absolute Gasteiger partial charge is 0.249 e. The van der Waals surface area contributed by atoms with Crippen LogP contribution in [0.3, 0.4) is 0 Å². The lowest BCUT2D eigenvalue weighted by atomic mass is 9.92. The number of rotatable bonds is 5. The highest BCUT2D eigenvalue weighted by molar-refractivity contribution is 6.25. The van der Waals surface area contributed by atoms with Crippen molar-refractivity contribution in [1.29, 1.82) is 0 Å². The summed E-state index contributed by atoms with van der Waals surface area (Å²) < 4.78 is 6.72. The summed E-state index contributed by atoms with van der Waals surface area (Å²) in [4.78, 5) is 2.37. The van der Waals surface area contributed by atoms with Crippen molar-refractivity contribution in [3.63, 3.8) is 0 Å². The number of benzene rings is 9. The zero-order chi connectivity index (χ0) is 33.3. The van der Waals surface area contributed by atoms with Crippen LogP contribution in [0.1, 0.15) is 11.1 Å². The zero-order valence-corrected chi connectivity index (χ0v) is 27.7. The monoisotopic (exact) mass is 641 g/mol. The van der Waals surface area contributed by atoms with Gasteiger partial charge in [-0.3, -0.25) is 0 Å². The van der Waals surface area contributed by atoms with Gasteiger partial charge in [0.15, 0.2) is 0 Å². The molecule has 0 aliphatic rings. The fourth-order valence-electron chi connectivity index (χ4n) is 7.73. The van der Waals surface area contributed by atoms with Gasteiger partial charge in [-0.15, -0.1) is 10.2 Å². The van der Waals surface area contributed by atoms with Crippen LogP contribution in [0.5, 0.6) is 0 Å². The minimum Gasteiger partial charge on any atom is -0.416 e. The summed E-state index contributed by atoms with van der Waals surface area (Å²) in [6.07, 6.45) is 0. The molecule has 1 heterocycles. The van der Waals surface area contributed by atoms with Gasteiger partial charge in [0.2, 0.25) is 11.8 Å². The fraction of sp³-hybridized carbons (Fsp3) is 0.0435. The topological polar surface area (TPSA) is 42.2 Å². The molecule has 10 rings (SSSR count). The molecule has 1 aromatic heterocycles. The van der Waals surface area contributed by atoms with Crippen molar-refractivity contribution < 1.29 is 4.42 Å². The summed E-state index contributed by atoms with van der Waals surface area (Å²) in [5, 5.41) is 21.0. The van der Waals surface area contributed by atoms with Crippen molar-refractivity contribution in [2.45, 2.75) is 13.8 Å². The van der Waals surface area contributed by atoms with Crippen LogP contribution >= 0.6 is 0 Å². The number of anilines is 3. The van der Waals surface area contributed by atoms with Gasteiger partial charge in [0.25, 0.3) is 0 Å². The Labute approximate surface area is 289 Å². The average molecular weight is 642 g/mol. The first-order valence-corrected chi connectivity index (χ1v) is 17.0. The number of hydrogen-bond acceptors (Lipinski definition) is 4.